The van der Waals surface area contributed by atoms with Crippen LogP contribution in [0.15, 0.2) is 12.1 Å². The van der Waals surface area contributed by atoms with E-state index in [0.717, 1.165) is 0 Å². The van der Waals surface area contributed by atoms with Crippen molar-refractivity contribution in [2.75, 3.05) is 12.4 Å². The summed E-state index contributed by atoms with van der Waals surface area (Å²) in [6, 6.07) is 2.91. The highest BCUT2D eigenvalue weighted by molar-refractivity contribution is 6.03. The first-order valence-electron chi connectivity index (χ1n) is 6.63. The first kappa shape index (κ1) is 16.2. The number of methoxy groups -OCH3 is 1. The number of esters is 1. The largest absolute Gasteiger partial charge is 0.464 e. The molecule has 0 aliphatic heterocycles. The number of carbonyl (C=O) groups is 3. The van der Waals surface area contributed by atoms with Crippen molar-refractivity contribution in [2.45, 2.75) is 13.5 Å². The Balaban J connectivity index is 2.06. The highest BCUT2D eigenvalue weighted by Gasteiger charge is 2.17. The Labute approximate surface area is 131 Å². The normalized spacial score (nSPS) is 10.2. The third-order valence-electron chi connectivity index (χ3n) is 2.91. The van der Waals surface area contributed by atoms with Crippen LogP contribution in [-0.4, -0.2) is 44.9 Å². The lowest BCUT2D eigenvalue weighted by Gasteiger charge is -2.02. The fourth-order valence-electron chi connectivity index (χ4n) is 1.76. The van der Waals surface area contributed by atoms with E-state index in [9.17, 15) is 14.4 Å². The molecule has 0 saturated carbocycles. The molecular formula is C13H16N6O4. The van der Waals surface area contributed by atoms with E-state index in [0.29, 0.717) is 11.5 Å². The molecule has 2 rings (SSSR count). The minimum absolute atomic E-state index is 0.0821. The minimum Gasteiger partial charge on any atom is -0.464 e. The smallest absolute Gasteiger partial charge is 0.358 e. The van der Waals surface area contributed by atoms with Crippen molar-refractivity contribution in [1.29, 1.82) is 0 Å². The van der Waals surface area contributed by atoms with Gasteiger partial charge in [0.25, 0.3) is 5.91 Å². The van der Waals surface area contributed by atoms with Gasteiger partial charge < -0.3 is 15.4 Å². The van der Waals surface area contributed by atoms with Gasteiger partial charge in [-0.1, -0.05) is 0 Å². The minimum atomic E-state index is -0.599. The second kappa shape index (κ2) is 6.73. The lowest BCUT2D eigenvalue weighted by molar-refractivity contribution is -0.119. The van der Waals surface area contributed by atoms with E-state index in [2.05, 4.69) is 30.7 Å². The lowest BCUT2D eigenvalue weighted by Crippen LogP contribution is -2.19. The fourth-order valence-corrected chi connectivity index (χ4v) is 1.76. The summed E-state index contributed by atoms with van der Waals surface area (Å²) in [5, 5.41) is 15.6. The zero-order valence-electron chi connectivity index (χ0n) is 12.8. The molecular weight excluding hydrogens is 304 g/mol. The number of hydrogen-bond acceptors (Lipinski definition) is 6. The van der Waals surface area contributed by atoms with Crippen LogP contribution in [0.5, 0.6) is 0 Å². The Morgan fingerprint density at radius 3 is 2.70 bits per heavy atom. The van der Waals surface area contributed by atoms with Gasteiger partial charge in [-0.05, 0) is 6.07 Å². The molecule has 0 aliphatic rings. The molecule has 0 radical (unpaired) electrons. The van der Waals surface area contributed by atoms with Crippen molar-refractivity contribution >= 4 is 23.6 Å². The number of anilines is 1. The summed E-state index contributed by atoms with van der Waals surface area (Å²) in [4.78, 5) is 34.4. The Bertz CT molecular complexity index is 747. The van der Waals surface area contributed by atoms with Gasteiger partial charge in [0, 0.05) is 20.0 Å². The summed E-state index contributed by atoms with van der Waals surface area (Å²) >= 11 is 0. The first-order valence-corrected chi connectivity index (χ1v) is 6.63. The van der Waals surface area contributed by atoms with Gasteiger partial charge in [0.2, 0.25) is 5.91 Å². The number of aromatic amines is 1. The van der Waals surface area contributed by atoms with Crippen LogP contribution in [0.2, 0.25) is 0 Å². The summed E-state index contributed by atoms with van der Waals surface area (Å²) in [5.74, 6) is -0.939. The van der Waals surface area contributed by atoms with E-state index in [1.165, 1.54) is 30.8 Å². The van der Waals surface area contributed by atoms with Crippen molar-refractivity contribution in [3.8, 4) is 0 Å². The maximum atomic E-state index is 12.1. The molecule has 0 saturated heterocycles. The molecule has 10 heteroatoms. The van der Waals surface area contributed by atoms with Crippen molar-refractivity contribution < 1.29 is 19.1 Å². The van der Waals surface area contributed by atoms with Gasteiger partial charge in [0.05, 0.1) is 19.3 Å². The van der Waals surface area contributed by atoms with E-state index < -0.39 is 11.9 Å². The van der Waals surface area contributed by atoms with Crippen molar-refractivity contribution in [3.05, 3.63) is 29.2 Å². The quantitative estimate of drug-likeness (QED) is 0.655. The van der Waals surface area contributed by atoms with E-state index in [1.54, 1.807) is 7.05 Å². The van der Waals surface area contributed by atoms with E-state index in [4.69, 9.17) is 0 Å². The molecule has 23 heavy (non-hydrogen) atoms. The van der Waals surface area contributed by atoms with Crippen LogP contribution < -0.4 is 10.6 Å². The number of hydrogen-bond donors (Lipinski definition) is 3. The number of rotatable bonds is 5. The Morgan fingerprint density at radius 1 is 1.30 bits per heavy atom. The van der Waals surface area contributed by atoms with E-state index >= 15 is 0 Å². The summed E-state index contributed by atoms with van der Waals surface area (Å²) in [5.41, 5.74) is 0.815. The first-order chi connectivity index (χ1) is 10.9. The number of H-pyrrole nitrogens is 1. The average Bonchev–Trinajstić information content (AvgIpc) is 3.12. The van der Waals surface area contributed by atoms with Crippen LogP contribution in [0.25, 0.3) is 0 Å². The zero-order chi connectivity index (χ0) is 17.0. The zero-order valence-corrected chi connectivity index (χ0v) is 12.8. The van der Waals surface area contributed by atoms with Crippen LogP contribution in [0, 0.1) is 0 Å². The Kier molecular flexibility index (Phi) is 4.74. The number of nitrogens with zero attached hydrogens (tertiary/aromatic N) is 3. The number of amides is 2. The molecule has 0 atom stereocenters. The predicted octanol–water partition coefficient (Wildman–Crippen LogP) is -0.182. The summed E-state index contributed by atoms with van der Waals surface area (Å²) in [7, 11) is 2.82. The van der Waals surface area contributed by atoms with Gasteiger partial charge in [0.15, 0.2) is 11.4 Å². The van der Waals surface area contributed by atoms with Gasteiger partial charge in [-0.3, -0.25) is 19.4 Å². The second-order valence-corrected chi connectivity index (χ2v) is 4.67. The van der Waals surface area contributed by atoms with Crippen LogP contribution in [0.4, 0.5) is 5.82 Å². The summed E-state index contributed by atoms with van der Waals surface area (Å²) in [6.07, 6.45) is 0. The van der Waals surface area contributed by atoms with Crippen molar-refractivity contribution in [3.63, 3.8) is 0 Å². The Morgan fingerprint density at radius 2 is 2.04 bits per heavy atom. The molecule has 2 aromatic heterocycles. The number of carbonyl (C=O) groups excluding carboxylic acids is 3. The average molecular weight is 320 g/mol. The molecule has 0 aliphatic carbocycles. The maximum Gasteiger partial charge on any atom is 0.358 e. The highest BCUT2D eigenvalue weighted by Crippen LogP contribution is 2.11. The molecule has 2 aromatic rings. The van der Waals surface area contributed by atoms with Gasteiger partial charge >= 0.3 is 5.97 Å². The fraction of sp³-hybridized carbons (Fsp3) is 0.308. The molecule has 3 N–H and O–H groups in total. The van der Waals surface area contributed by atoms with Crippen LogP contribution in [0.1, 0.15) is 33.6 Å². The summed E-state index contributed by atoms with van der Waals surface area (Å²) in [6.45, 7) is 1.64. The number of nitrogens with one attached hydrogen (secondary N) is 3. The third-order valence-corrected chi connectivity index (χ3v) is 2.91. The van der Waals surface area contributed by atoms with Crippen LogP contribution in [0.3, 0.4) is 0 Å². The van der Waals surface area contributed by atoms with Crippen LogP contribution in [-0.2, 0) is 23.1 Å². The lowest BCUT2D eigenvalue weighted by atomic mass is 10.3. The topological polar surface area (TPSA) is 131 Å². The van der Waals surface area contributed by atoms with E-state index in [-0.39, 0.29) is 23.8 Å². The molecule has 0 spiro atoms. The molecule has 122 valence electrons. The second-order valence-electron chi connectivity index (χ2n) is 4.67. The van der Waals surface area contributed by atoms with Gasteiger partial charge in [-0.2, -0.15) is 10.2 Å². The van der Waals surface area contributed by atoms with Gasteiger partial charge in [-0.15, -0.1) is 0 Å². The molecule has 2 amide bonds. The third kappa shape index (κ3) is 3.93. The standard InChI is InChI=1S/C13H16N6O4/c1-7(20)14-6-8-4-9(17-16-8)12(21)15-11-5-10(13(22)23-3)18-19(11)2/h4-5H,6H2,1-3H3,(H,14,20)(H,15,21)(H,16,17). The molecule has 2 heterocycles. The molecule has 0 aromatic carbocycles. The summed E-state index contributed by atoms with van der Waals surface area (Å²) < 4.78 is 5.91. The Hall–Kier alpha value is -3.17. The van der Waals surface area contributed by atoms with Crippen molar-refractivity contribution in [1.82, 2.24) is 25.3 Å². The SMILES string of the molecule is COC(=O)c1cc(NC(=O)c2cc(CNC(C)=O)[nH]n2)n(C)n1. The monoisotopic (exact) mass is 320 g/mol. The van der Waals surface area contributed by atoms with E-state index in [1.807, 2.05) is 0 Å². The molecule has 0 bridgehead atoms. The maximum absolute atomic E-state index is 12.1. The highest BCUT2D eigenvalue weighted by atomic mass is 16.5. The predicted molar refractivity (Wildman–Crippen MR) is 78.6 cm³/mol. The van der Waals surface area contributed by atoms with Gasteiger partial charge in [-0.25, -0.2) is 4.79 Å². The molecule has 10 nitrogen and oxygen atoms in total. The van der Waals surface area contributed by atoms with Crippen molar-refractivity contribution in [2.24, 2.45) is 7.05 Å². The van der Waals surface area contributed by atoms with Crippen LogP contribution >= 0.6 is 0 Å². The van der Waals surface area contributed by atoms with Gasteiger partial charge in [0.1, 0.15) is 5.82 Å². The number of aryl methyl sites for hydroxylation is 1. The molecule has 0 unspecified atom stereocenters. The number of ether oxygens (including phenoxy) is 1. The number of aromatic nitrogens is 4. The molecule has 0 fully saturated rings.